The monoisotopic (exact) mass is 320 g/mol. The van der Waals surface area contributed by atoms with Crippen LogP contribution in [0.5, 0.6) is 5.75 Å². The normalized spacial score (nSPS) is 13.3. The molecule has 3 nitrogen and oxygen atoms in total. The zero-order chi connectivity index (χ0) is 16.6. The van der Waals surface area contributed by atoms with E-state index in [4.69, 9.17) is 5.73 Å². The van der Waals surface area contributed by atoms with E-state index in [0.29, 0.717) is 0 Å². The first kappa shape index (κ1) is 15.4. The van der Waals surface area contributed by atoms with Crippen molar-refractivity contribution in [1.29, 1.82) is 0 Å². The second-order valence-electron chi connectivity index (χ2n) is 5.31. The summed E-state index contributed by atoms with van der Waals surface area (Å²) in [5.41, 5.74) is 8.99. The Balaban J connectivity index is 1.92. The van der Waals surface area contributed by atoms with Crippen LogP contribution in [-0.2, 0) is 7.05 Å². The summed E-state index contributed by atoms with van der Waals surface area (Å²) in [7, 11) is 1.93. The summed E-state index contributed by atoms with van der Waals surface area (Å²) >= 11 is 0. The van der Waals surface area contributed by atoms with Gasteiger partial charge >= 0.3 is 6.36 Å². The predicted molar refractivity (Wildman–Crippen MR) is 82.1 cm³/mol. The lowest BCUT2D eigenvalue weighted by Crippen LogP contribution is -2.17. The molecule has 0 unspecified atom stereocenters. The van der Waals surface area contributed by atoms with Gasteiger partial charge in [-0.3, -0.25) is 0 Å². The molecule has 0 aliphatic heterocycles. The fraction of sp³-hybridized carbons (Fsp3) is 0.176. The van der Waals surface area contributed by atoms with Crippen LogP contribution in [0.15, 0.2) is 54.7 Å². The van der Waals surface area contributed by atoms with E-state index < -0.39 is 12.4 Å². The maximum Gasteiger partial charge on any atom is 0.573 e. The third kappa shape index (κ3) is 3.17. The van der Waals surface area contributed by atoms with Crippen molar-refractivity contribution in [2.45, 2.75) is 12.4 Å². The number of aryl methyl sites for hydroxylation is 1. The number of hydrogen-bond donors (Lipinski definition) is 1. The van der Waals surface area contributed by atoms with Gasteiger partial charge in [0.05, 0.1) is 6.04 Å². The zero-order valence-electron chi connectivity index (χ0n) is 12.3. The molecular weight excluding hydrogens is 305 g/mol. The topological polar surface area (TPSA) is 40.2 Å². The summed E-state index contributed by atoms with van der Waals surface area (Å²) in [5, 5.41) is 1.03. The molecule has 0 aliphatic carbocycles. The minimum absolute atomic E-state index is 0.258. The average molecular weight is 320 g/mol. The molecule has 0 saturated carbocycles. The summed E-state index contributed by atoms with van der Waals surface area (Å²) in [6.07, 6.45) is -2.76. The molecule has 120 valence electrons. The van der Waals surface area contributed by atoms with Gasteiger partial charge in [-0.2, -0.15) is 0 Å². The molecule has 0 amide bonds. The Morgan fingerprint density at radius 2 is 1.70 bits per heavy atom. The number of ether oxygens (including phenoxy) is 1. The summed E-state index contributed by atoms with van der Waals surface area (Å²) in [6, 6.07) is 13.1. The van der Waals surface area contributed by atoms with Gasteiger partial charge in [0.25, 0.3) is 0 Å². The van der Waals surface area contributed by atoms with E-state index in [1.807, 2.05) is 42.1 Å². The van der Waals surface area contributed by atoms with Gasteiger partial charge in [0.2, 0.25) is 0 Å². The van der Waals surface area contributed by atoms with Crippen LogP contribution in [0.2, 0.25) is 0 Å². The highest BCUT2D eigenvalue weighted by Crippen LogP contribution is 2.30. The van der Waals surface area contributed by atoms with E-state index in [1.54, 1.807) is 12.1 Å². The molecule has 0 fully saturated rings. The van der Waals surface area contributed by atoms with Crippen molar-refractivity contribution in [3.63, 3.8) is 0 Å². The third-order valence-corrected chi connectivity index (χ3v) is 3.74. The van der Waals surface area contributed by atoms with E-state index in [2.05, 4.69) is 4.74 Å². The Hall–Kier alpha value is -2.47. The first-order valence-electron chi connectivity index (χ1n) is 7.00. The van der Waals surface area contributed by atoms with Crippen molar-refractivity contribution in [2.24, 2.45) is 12.8 Å². The molecule has 0 spiro atoms. The number of halogens is 3. The van der Waals surface area contributed by atoms with Gasteiger partial charge in [0.15, 0.2) is 0 Å². The molecule has 0 bridgehead atoms. The SMILES string of the molecule is Cn1cc([C@H](N)c2ccc(OC(F)(F)F)cc2)c2ccccc21. The van der Waals surface area contributed by atoms with Gasteiger partial charge in [-0.05, 0) is 29.3 Å². The van der Waals surface area contributed by atoms with Crippen molar-refractivity contribution in [2.75, 3.05) is 0 Å². The van der Waals surface area contributed by atoms with Crippen LogP contribution in [0.4, 0.5) is 13.2 Å². The zero-order valence-corrected chi connectivity index (χ0v) is 12.3. The van der Waals surface area contributed by atoms with Crippen LogP contribution in [-0.4, -0.2) is 10.9 Å². The van der Waals surface area contributed by atoms with Gasteiger partial charge in [0, 0.05) is 24.1 Å². The molecule has 23 heavy (non-hydrogen) atoms. The lowest BCUT2D eigenvalue weighted by molar-refractivity contribution is -0.274. The maximum atomic E-state index is 12.2. The van der Waals surface area contributed by atoms with Crippen LogP contribution < -0.4 is 10.5 Å². The Labute approximate surface area is 131 Å². The van der Waals surface area contributed by atoms with E-state index >= 15 is 0 Å². The highest BCUT2D eigenvalue weighted by atomic mass is 19.4. The molecule has 3 aromatic rings. The minimum Gasteiger partial charge on any atom is -0.406 e. The summed E-state index contributed by atoms with van der Waals surface area (Å²) in [6.45, 7) is 0. The van der Waals surface area contributed by atoms with Crippen LogP contribution >= 0.6 is 0 Å². The standard InChI is InChI=1S/C17H15F3N2O/c1-22-10-14(13-4-2-3-5-15(13)22)16(21)11-6-8-12(9-7-11)23-17(18,19)20/h2-10,16H,21H2,1H3/t16-/m1/s1. The Kier molecular flexibility index (Phi) is 3.77. The largest absolute Gasteiger partial charge is 0.573 e. The lowest BCUT2D eigenvalue weighted by atomic mass is 9.99. The minimum atomic E-state index is -4.70. The lowest BCUT2D eigenvalue weighted by Gasteiger charge is -2.13. The number of nitrogens with two attached hydrogens (primary N) is 1. The average Bonchev–Trinajstić information content (AvgIpc) is 2.83. The molecule has 0 radical (unpaired) electrons. The molecule has 1 atom stereocenters. The van der Waals surface area contributed by atoms with Crippen molar-refractivity contribution < 1.29 is 17.9 Å². The van der Waals surface area contributed by atoms with Crippen LogP contribution in [0.25, 0.3) is 10.9 Å². The van der Waals surface area contributed by atoms with Crippen LogP contribution in [0.1, 0.15) is 17.2 Å². The smallest absolute Gasteiger partial charge is 0.406 e. The molecule has 6 heteroatoms. The fourth-order valence-electron chi connectivity index (χ4n) is 2.68. The first-order chi connectivity index (χ1) is 10.8. The van der Waals surface area contributed by atoms with Crippen molar-refractivity contribution in [3.05, 3.63) is 65.9 Å². The molecule has 0 saturated heterocycles. The number of fused-ring (bicyclic) bond motifs is 1. The number of benzene rings is 2. The van der Waals surface area contributed by atoms with Crippen molar-refractivity contribution in [3.8, 4) is 5.75 Å². The maximum absolute atomic E-state index is 12.2. The number of alkyl halides is 3. The number of aromatic nitrogens is 1. The van der Waals surface area contributed by atoms with E-state index in [0.717, 1.165) is 22.0 Å². The Morgan fingerprint density at radius 3 is 2.35 bits per heavy atom. The quantitative estimate of drug-likeness (QED) is 0.788. The number of nitrogens with zero attached hydrogens (tertiary/aromatic N) is 1. The highest BCUT2D eigenvalue weighted by molar-refractivity contribution is 5.84. The van der Waals surface area contributed by atoms with E-state index in [1.165, 1.54) is 12.1 Å². The summed E-state index contributed by atoms with van der Waals surface area (Å²) in [4.78, 5) is 0. The van der Waals surface area contributed by atoms with Crippen molar-refractivity contribution >= 4 is 10.9 Å². The first-order valence-corrected chi connectivity index (χ1v) is 7.00. The second-order valence-corrected chi connectivity index (χ2v) is 5.31. The molecule has 0 aliphatic rings. The highest BCUT2D eigenvalue weighted by Gasteiger charge is 2.31. The van der Waals surface area contributed by atoms with Gasteiger partial charge < -0.3 is 15.0 Å². The molecule has 2 N–H and O–H groups in total. The van der Waals surface area contributed by atoms with Crippen LogP contribution in [0.3, 0.4) is 0 Å². The van der Waals surface area contributed by atoms with E-state index in [-0.39, 0.29) is 5.75 Å². The number of hydrogen-bond acceptors (Lipinski definition) is 2. The predicted octanol–water partition coefficient (Wildman–Crippen LogP) is 4.13. The van der Waals surface area contributed by atoms with Crippen molar-refractivity contribution in [1.82, 2.24) is 4.57 Å². The number of para-hydroxylation sites is 1. The third-order valence-electron chi connectivity index (χ3n) is 3.74. The van der Waals surface area contributed by atoms with Gasteiger partial charge in [-0.25, -0.2) is 0 Å². The Bertz CT molecular complexity index is 822. The second kappa shape index (κ2) is 5.62. The molecule has 2 aromatic carbocycles. The molecular formula is C17H15F3N2O. The molecule has 1 heterocycles. The fourth-order valence-corrected chi connectivity index (χ4v) is 2.68. The van der Waals surface area contributed by atoms with Gasteiger partial charge in [0.1, 0.15) is 5.75 Å². The van der Waals surface area contributed by atoms with Crippen LogP contribution in [0, 0.1) is 0 Å². The number of rotatable bonds is 3. The summed E-state index contributed by atoms with van der Waals surface area (Å²) in [5.74, 6) is -0.258. The van der Waals surface area contributed by atoms with Gasteiger partial charge in [-0.1, -0.05) is 30.3 Å². The van der Waals surface area contributed by atoms with E-state index in [9.17, 15) is 13.2 Å². The molecule has 1 aromatic heterocycles. The summed E-state index contributed by atoms with van der Waals surface area (Å²) < 4.78 is 42.4. The molecule has 3 rings (SSSR count). The van der Waals surface area contributed by atoms with Gasteiger partial charge in [-0.15, -0.1) is 13.2 Å². The Morgan fingerprint density at radius 1 is 1.04 bits per heavy atom.